The van der Waals surface area contributed by atoms with Crippen LogP contribution in [0.2, 0.25) is 5.02 Å². The zero-order valence-corrected chi connectivity index (χ0v) is 8.56. The lowest BCUT2D eigenvalue weighted by molar-refractivity contribution is 1.08. The molecule has 0 unspecified atom stereocenters. The smallest absolute Gasteiger partial charge is 0.251 e. The highest BCUT2D eigenvalue weighted by Crippen LogP contribution is 2.20. The molecule has 0 spiro atoms. The highest BCUT2D eigenvalue weighted by atomic mass is 35.5. The first-order valence-corrected chi connectivity index (χ1v) is 4.90. The summed E-state index contributed by atoms with van der Waals surface area (Å²) < 4.78 is 0. The highest BCUT2D eigenvalue weighted by molar-refractivity contribution is 6.35. The number of para-hydroxylation sites is 1. The van der Waals surface area contributed by atoms with Gasteiger partial charge in [-0.3, -0.25) is 4.79 Å². The Morgan fingerprint density at radius 1 is 1.43 bits per heavy atom. The van der Waals surface area contributed by atoms with E-state index in [1.807, 2.05) is 25.1 Å². The van der Waals surface area contributed by atoms with E-state index in [-0.39, 0.29) is 5.56 Å². The van der Waals surface area contributed by atoms with Crippen LogP contribution in [0.3, 0.4) is 0 Å². The van der Waals surface area contributed by atoms with Crippen LogP contribution in [-0.4, -0.2) is 4.98 Å². The zero-order chi connectivity index (χ0) is 10.1. The van der Waals surface area contributed by atoms with E-state index in [0.29, 0.717) is 5.02 Å². The quantitative estimate of drug-likeness (QED) is 0.767. The van der Waals surface area contributed by atoms with E-state index in [0.717, 1.165) is 22.9 Å². The van der Waals surface area contributed by atoms with Gasteiger partial charge in [0.25, 0.3) is 5.56 Å². The summed E-state index contributed by atoms with van der Waals surface area (Å²) in [5.41, 5.74) is 1.46. The molecule has 0 fully saturated rings. The van der Waals surface area contributed by atoms with Gasteiger partial charge in [-0.05, 0) is 18.6 Å². The first-order chi connectivity index (χ1) is 6.72. The molecule has 0 bridgehead atoms. The number of aromatic nitrogens is 1. The van der Waals surface area contributed by atoms with Crippen molar-refractivity contribution in [2.24, 2.45) is 0 Å². The third kappa shape index (κ3) is 1.42. The van der Waals surface area contributed by atoms with Gasteiger partial charge in [0.15, 0.2) is 0 Å². The van der Waals surface area contributed by atoms with Crippen molar-refractivity contribution in [1.29, 1.82) is 0 Å². The van der Waals surface area contributed by atoms with Crippen molar-refractivity contribution < 1.29 is 0 Å². The monoisotopic (exact) mass is 207 g/mol. The Labute approximate surface area is 86.5 Å². The number of H-pyrrole nitrogens is 1. The second kappa shape index (κ2) is 3.46. The van der Waals surface area contributed by atoms with Gasteiger partial charge in [0, 0.05) is 10.9 Å². The highest BCUT2D eigenvalue weighted by Gasteiger charge is 2.02. The molecule has 1 N–H and O–H groups in total. The van der Waals surface area contributed by atoms with Crippen molar-refractivity contribution in [1.82, 2.24) is 4.98 Å². The van der Waals surface area contributed by atoms with Crippen molar-refractivity contribution in [3.63, 3.8) is 0 Å². The second-order valence-corrected chi connectivity index (χ2v) is 3.59. The summed E-state index contributed by atoms with van der Waals surface area (Å²) in [4.78, 5) is 14.3. The van der Waals surface area contributed by atoms with Crippen LogP contribution in [0.4, 0.5) is 0 Å². The molecule has 2 aromatic rings. The van der Waals surface area contributed by atoms with E-state index in [2.05, 4.69) is 4.98 Å². The van der Waals surface area contributed by atoms with Crippen molar-refractivity contribution in [3.8, 4) is 0 Å². The maximum atomic E-state index is 11.5. The van der Waals surface area contributed by atoms with Crippen molar-refractivity contribution in [3.05, 3.63) is 45.2 Å². The van der Waals surface area contributed by atoms with Crippen molar-refractivity contribution in [2.75, 3.05) is 0 Å². The Morgan fingerprint density at radius 3 is 2.93 bits per heavy atom. The second-order valence-electron chi connectivity index (χ2n) is 3.18. The van der Waals surface area contributed by atoms with Crippen LogP contribution in [0.1, 0.15) is 12.5 Å². The molecular weight excluding hydrogens is 198 g/mol. The van der Waals surface area contributed by atoms with Crippen LogP contribution in [0, 0.1) is 0 Å². The van der Waals surface area contributed by atoms with E-state index in [1.165, 1.54) is 0 Å². The molecule has 0 aliphatic rings. The molecule has 0 aliphatic carbocycles. The normalized spacial score (nSPS) is 10.7. The van der Waals surface area contributed by atoms with Crippen LogP contribution in [0.25, 0.3) is 10.9 Å². The van der Waals surface area contributed by atoms with Gasteiger partial charge in [-0.25, -0.2) is 0 Å². The lowest BCUT2D eigenvalue weighted by atomic mass is 10.1. The lowest BCUT2D eigenvalue weighted by Gasteiger charge is -2.02. The van der Waals surface area contributed by atoms with Gasteiger partial charge in [-0.1, -0.05) is 30.7 Å². The minimum Gasteiger partial charge on any atom is -0.320 e. The molecule has 14 heavy (non-hydrogen) atoms. The number of rotatable bonds is 1. The number of hydrogen-bond donors (Lipinski definition) is 1. The number of pyridine rings is 1. The Morgan fingerprint density at radius 2 is 2.21 bits per heavy atom. The van der Waals surface area contributed by atoms with Crippen LogP contribution in [0.15, 0.2) is 29.1 Å². The Hall–Kier alpha value is -1.28. The number of hydrogen-bond acceptors (Lipinski definition) is 1. The first-order valence-electron chi connectivity index (χ1n) is 4.53. The average Bonchev–Trinajstić information content (AvgIpc) is 2.19. The van der Waals surface area contributed by atoms with E-state index < -0.39 is 0 Å². The number of aromatic amines is 1. The molecule has 3 heteroatoms. The molecule has 0 aliphatic heterocycles. The summed E-state index contributed by atoms with van der Waals surface area (Å²) in [5.74, 6) is 0. The van der Waals surface area contributed by atoms with E-state index in [9.17, 15) is 4.79 Å². The van der Waals surface area contributed by atoms with Gasteiger partial charge in [0.2, 0.25) is 0 Å². The Balaban J connectivity index is 2.86. The summed E-state index contributed by atoms with van der Waals surface area (Å²) in [6, 6.07) is 7.48. The SMILES string of the molecule is CCc1cc2cccc(Cl)c2[nH]c1=O. The fourth-order valence-corrected chi connectivity index (χ4v) is 1.73. The van der Waals surface area contributed by atoms with Crippen LogP contribution < -0.4 is 5.56 Å². The zero-order valence-electron chi connectivity index (χ0n) is 7.80. The van der Waals surface area contributed by atoms with Crippen LogP contribution in [0.5, 0.6) is 0 Å². The minimum absolute atomic E-state index is 0.0481. The van der Waals surface area contributed by atoms with Gasteiger partial charge in [-0.2, -0.15) is 0 Å². The molecule has 2 rings (SSSR count). The molecule has 2 nitrogen and oxygen atoms in total. The van der Waals surface area contributed by atoms with E-state index >= 15 is 0 Å². The largest absolute Gasteiger partial charge is 0.320 e. The number of aryl methyl sites for hydroxylation is 1. The molecular formula is C11H10ClNO. The van der Waals surface area contributed by atoms with Crippen LogP contribution >= 0.6 is 11.6 Å². The molecule has 1 aromatic carbocycles. The molecule has 72 valence electrons. The van der Waals surface area contributed by atoms with E-state index in [4.69, 9.17) is 11.6 Å². The fraction of sp³-hybridized carbons (Fsp3) is 0.182. The summed E-state index contributed by atoms with van der Waals surface area (Å²) >= 11 is 5.95. The molecule has 1 aromatic heterocycles. The molecule has 0 saturated carbocycles. The third-order valence-corrected chi connectivity index (χ3v) is 2.60. The first kappa shape index (κ1) is 9.28. The van der Waals surface area contributed by atoms with Crippen molar-refractivity contribution in [2.45, 2.75) is 13.3 Å². The Kier molecular flexibility index (Phi) is 2.30. The predicted octanol–water partition coefficient (Wildman–Crippen LogP) is 2.74. The predicted molar refractivity (Wildman–Crippen MR) is 59.0 cm³/mol. The van der Waals surface area contributed by atoms with Crippen LogP contribution in [-0.2, 0) is 6.42 Å². The number of fused-ring (bicyclic) bond motifs is 1. The summed E-state index contributed by atoms with van der Waals surface area (Å²) in [6.45, 7) is 1.96. The fourth-order valence-electron chi connectivity index (χ4n) is 1.50. The minimum atomic E-state index is -0.0481. The van der Waals surface area contributed by atoms with Gasteiger partial charge in [0.1, 0.15) is 0 Å². The average molecular weight is 208 g/mol. The van der Waals surface area contributed by atoms with Gasteiger partial charge in [0.05, 0.1) is 10.5 Å². The molecule has 0 radical (unpaired) electrons. The van der Waals surface area contributed by atoms with E-state index in [1.54, 1.807) is 6.07 Å². The number of benzene rings is 1. The topological polar surface area (TPSA) is 32.9 Å². The summed E-state index contributed by atoms with van der Waals surface area (Å²) in [7, 11) is 0. The van der Waals surface area contributed by atoms with Crippen molar-refractivity contribution >= 4 is 22.5 Å². The maximum Gasteiger partial charge on any atom is 0.251 e. The van der Waals surface area contributed by atoms with Gasteiger partial charge < -0.3 is 4.98 Å². The standard InChI is InChI=1S/C11H10ClNO/c1-2-7-6-8-4-3-5-9(12)10(8)13-11(7)14/h3-6H,2H2,1H3,(H,13,14). The summed E-state index contributed by atoms with van der Waals surface area (Å²) in [5, 5.41) is 1.57. The van der Waals surface area contributed by atoms with Gasteiger partial charge >= 0.3 is 0 Å². The van der Waals surface area contributed by atoms with Gasteiger partial charge in [-0.15, -0.1) is 0 Å². The Bertz CT molecular complexity index is 530. The summed E-state index contributed by atoms with van der Waals surface area (Å²) in [6.07, 6.45) is 0.734. The lowest BCUT2D eigenvalue weighted by Crippen LogP contribution is -2.11. The molecule has 0 atom stereocenters. The number of halogens is 1. The molecule has 0 saturated heterocycles. The maximum absolute atomic E-state index is 11.5. The molecule has 0 amide bonds. The molecule has 1 heterocycles. The third-order valence-electron chi connectivity index (χ3n) is 2.29. The number of nitrogens with one attached hydrogen (secondary N) is 1.